The summed E-state index contributed by atoms with van der Waals surface area (Å²) in [6.45, 7) is 2.98. The second-order valence-corrected chi connectivity index (χ2v) is 3.26. The standard InChI is InChI=1S/C10H13N4/c1-9(10-12-3-4-13-10)2-6-14-7-5-11-8-14/h2-5,7-9H,6H2,1H3,(H,12,13). The molecule has 0 saturated carbocycles. The average molecular weight is 189 g/mol. The van der Waals surface area contributed by atoms with Crippen LogP contribution in [0.1, 0.15) is 18.7 Å². The van der Waals surface area contributed by atoms with Crippen molar-refractivity contribution in [2.45, 2.75) is 19.4 Å². The topological polar surface area (TPSA) is 46.5 Å². The van der Waals surface area contributed by atoms with Crippen molar-refractivity contribution in [2.75, 3.05) is 0 Å². The second-order valence-electron chi connectivity index (χ2n) is 3.26. The van der Waals surface area contributed by atoms with E-state index in [0.29, 0.717) is 5.92 Å². The van der Waals surface area contributed by atoms with E-state index in [2.05, 4.69) is 28.3 Å². The van der Waals surface area contributed by atoms with Crippen molar-refractivity contribution in [3.05, 3.63) is 43.4 Å². The van der Waals surface area contributed by atoms with Crippen LogP contribution >= 0.6 is 0 Å². The van der Waals surface area contributed by atoms with E-state index in [4.69, 9.17) is 0 Å². The van der Waals surface area contributed by atoms with E-state index < -0.39 is 0 Å². The quantitative estimate of drug-likeness (QED) is 0.794. The third-order valence-corrected chi connectivity index (χ3v) is 2.18. The van der Waals surface area contributed by atoms with Gasteiger partial charge in [-0.3, -0.25) is 0 Å². The van der Waals surface area contributed by atoms with Crippen molar-refractivity contribution in [1.82, 2.24) is 19.5 Å². The molecular formula is C10H13N4. The molecule has 0 spiro atoms. The fourth-order valence-corrected chi connectivity index (χ4v) is 1.31. The van der Waals surface area contributed by atoms with Gasteiger partial charge >= 0.3 is 0 Å². The Morgan fingerprint density at radius 2 is 2.50 bits per heavy atom. The molecule has 4 heteroatoms. The first-order valence-corrected chi connectivity index (χ1v) is 4.64. The van der Waals surface area contributed by atoms with Gasteiger partial charge in [-0.1, -0.05) is 6.92 Å². The Labute approximate surface area is 83.0 Å². The number of hydrogen-bond acceptors (Lipinski definition) is 2. The molecule has 0 aliphatic carbocycles. The summed E-state index contributed by atoms with van der Waals surface area (Å²) in [6.07, 6.45) is 11.4. The van der Waals surface area contributed by atoms with E-state index in [1.807, 2.05) is 23.3 Å². The number of imidazole rings is 2. The fraction of sp³-hybridized carbons (Fsp3) is 0.300. The molecule has 1 radical (unpaired) electrons. The van der Waals surface area contributed by atoms with Gasteiger partial charge in [-0.15, -0.1) is 0 Å². The van der Waals surface area contributed by atoms with Gasteiger partial charge in [-0.2, -0.15) is 0 Å². The summed E-state index contributed by atoms with van der Waals surface area (Å²) in [7, 11) is 0. The highest BCUT2D eigenvalue weighted by molar-refractivity contribution is 5.01. The van der Waals surface area contributed by atoms with E-state index >= 15 is 0 Å². The lowest BCUT2D eigenvalue weighted by atomic mass is 10.1. The molecule has 1 unspecified atom stereocenters. The zero-order valence-electron chi connectivity index (χ0n) is 8.09. The van der Waals surface area contributed by atoms with Crippen LogP contribution in [0.25, 0.3) is 0 Å². The third kappa shape index (κ3) is 2.02. The smallest absolute Gasteiger partial charge is 0.109 e. The van der Waals surface area contributed by atoms with Crippen molar-refractivity contribution in [3.8, 4) is 0 Å². The van der Waals surface area contributed by atoms with Crippen molar-refractivity contribution < 1.29 is 0 Å². The van der Waals surface area contributed by atoms with Gasteiger partial charge < -0.3 is 9.55 Å². The van der Waals surface area contributed by atoms with Gasteiger partial charge in [0.05, 0.1) is 6.33 Å². The molecule has 0 saturated heterocycles. The zero-order chi connectivity index (χ0) is 9.80. The predicted octanol–water partition coefficient (Wildman–Crippen LogP) is 1.61. The van der Waals surface area contributed by atoms with Crippen molar-refractivity contribution in [1.29, 1.82) is 0 Å². The molecule has 1 atom stereocenters. The zero-order valence-corrected chi connectivity index (χ0v) is 8.09. The van der Waals surface area contributed by atoms with Gasteiger partial charge in [0.1, 0.15) is 5.82 Å². The average Bonchev–Trinajstić information content (AvgIpc) is 2.87. The fourth-order valence-electron chi connectivity index (χ4n) is 1.31. The van der Waals surface area contributed by atoms with E-state index in [9.17, 15) is 0 Å². The van der Waals surface area contributed by atoms with Crippen molar-refractivity contribution in [2.24, 2.45) is 0 Å². The number of aromatic amines is 1. The van der Waals surface area contributed by atoms with Crippen molar-refractivity contribution in [3.63, 3.8) is 0 Å². The highest BCUT2D eigenvalue weighted by atomic mass is 15.0. The van der Waals surface area contributed by atoms with E-state index in [1.54, 1.807) is 12.4 Å². The molecule has 0 aromatic carbocycles. The number of rotatable bonds is 4. The number of H-pyrrole nitrogens is 1. The predicted molar refractivity (Wildman–Crippen MR) is 53.5 cm³/mol. The van der Waals surface area contributed by atoms with Gasteiger partial charge in [-0.25, -0.2) is 9.97 Å². The molecule has 2 heterocycles. The lowest BCUT2D eigenvalue weighted by molar-refractivity contribution is 0.685. The number of hydrogen-bond donors (Lipinski definition) is 1. The molecule has 0 aliphatic heterocycles. The van der Waals surface area contributed by atoms with Crippen LogP contribution in [0.3, 0.4) is 0 Å². The largest absolute Gasteiger partial charge is 0.348 e. The molecule has 0 fully saturated rings. The SMILES string of the molecule is CC([CH]Cn1ccnc1)c1ncc[nH]1. The Balaban J connectivity index is 1.87. The number of nitrogens with one attached hydrogen (secondary N) is 1. The summed E-state index contributed by atoms with van der Waals surface area (Å²) in [4.78, 5) is 11.3. The molecule has 1 N–H and O–H groups in total. The van der Waals surface area contributed by atoms with Gasteiger partial charge in [0.15, 0.2) is 0 Å². The first kappa shape index (κ1) is 8.99. The maximum Gasteiger partial charge on any atom is 0.109 e. The maximum absolute atomic E-state index is 4.20. The minimum absolute atomic E-state index is 0.340. The second kappa shape index (κ2) is 4.09. The molecule has 73 valence electrons. The minimum atomic E-state index is 0.340. The Morgan fingerprint density at radius 3 is 3.14 bits per heavy atom. The normalized spacial score (nSPS) is 12.9. The first-order chi connectivity index (χ1) is 6.86. The Morgan fingerprint density at radius 1 is 1.57 bits per heavy atom. The highest BCUT2D eigenvalue weighted by Crippen LogP contribution is 2.13. The van der Waals surface area contributed by atoms with Crippen LogP contribution in [0.2, 0.25) is 0 Å². The summed E-state index contributed by atoms with van der Waals surface area (Å²) >= 11 is 0. The molecule has 2 rings (SSSR count). The summed E-state index contributed by atoms with van der Waals surface area (Å²) in [5.74, 6) is 1.34. The van der Waals surface area contributed by atoms with E-state index in [1.165, 1.54) is 0 Å². The van der Waals surface area contributed by atoms with Crippen LogP contribution in [0.5, 0.6) is 0 Å². The number of aromatic nitrogens is 4. The van der Waals surface area contributed by atoms with Crippen LogP contribution < -0.4 is 0 Å². The van der Waals surface area contributed by atoms with Gasteiger partial charge in [0.25, 0.3) is 0 Å². The molecule has 2 aromatic heterocycles. The summed E-state index contributed by atoms with van der Waals surface area (Å²) in [5.41, 5.74) is 0. The molecule has 0 bridgehead atoms. The first-order valence-electron chi connectivity index (χ1n) is 4.64. The van der Waals surface area contributed by atoms with Gasteiger partial charge in [-0.05, 0) is 6.42 Å². The Kier molecular flexibility index (Phi) is 2.62. The van der Waals surface area contributed by atoms with Crippen molar-refractivity contribution >= 4 is 0 Å². The lowest BCUT2D eigenvalue weighted by Gasteiger charge is -2.07. The monoisotopic (exact) mass is 189 g/mol. The lowest BCUT2D eigenvalue weighted by Crippen LogP contribution is -2.03. The van der Waals surface area contributed by atoms with Crippen LogP contribution in [0, 0.1) is 6.42 Å². The molecule has 2 aromatic rings. The molecule has 0 amide bonds. The Hall–Kier alpha value is -1.58. The maximum atomic E-state index is 4.20. The minimum Gasteiger partial charge on any atom is -0.348 e. The molecule has 4 nitrogen and oxygen atoms in total. The van der Waals surface area contributed by atoms with Crippen LogP contribution in [0.4, 0.5) is 0 Å². The van der Waals surface area contributed by atoms with Gasteiger partial charge in [0.2, 0.25) is 0 Å². The van der Waals surface area contributed by atoms with E-state index in [-0.39, 0.29) is 0 Å². The van der Waals surface area contributed by atoms with Crippen LogP contribution in [-0.2, 0) is 6.54 Å². The summed E-state index contributed by atoms with van der Waals surface area (Å²) in [5, 5.41) is 0. The highest BCUT2D eigenvalue weighted by Gasteiger charge is 2.07. The number of nitrogens with zero attached hydrogens (tertiary/aromatic N) is 3. The van der Waals surface area contributed by atoms with Gasteiger partial charge in [0, 0.05) is 37.3 Å². The Bertz CT molecular complexity index is 349. The molecule has 14 heavy (non-hydrogen) atoms. The summed E-state index contributed by atoms with van der Waals surface area (Å²) < 4.78 is 2.03. The summed E-state index contributed by atoms with van der Waals surface area (Å²) in [6, 6.07) is 0. The molecular weight excluding hydrogens is 176 g/mol. The molecule has 0 aliphatic rings. The van der Waals surface area contributed by atoms with Crippen LogP contribution in [-0.4, -0.2) is 19.5 Å². The van der Waals surface area contributed by atoms with E-state index in [0.717, 1.165) is 12.4 Å². The van der Waals surface area contributed by atoms with Crippen LogP contribution in [0.15, 0.2) is 31.1 Å². The third-order valence-electron chi connectivity index (χ3n) is 2.18.